The summed E-state index contributed by atoms with van der Waals surface area (Å²) < 4.78 is 24.2. The molecule has 8 amide bonds. The maximum atomic E-state index is 14.0. The van der Waals surface area contributed by atoms with Crippen LogP contribution in [0, 0.1) is 50.4 Å². The molecule has 6 fully saturated rings. The molecule has 760 valence electrons. The number of pyridine rings is 2. The number of likely N-dealkylation sites (tertiary alicyclic amines) is 2. The van der Waals surface area contributed by atoms with Crippen LogP contribution in [0.1, 0.15) is 207 Å². The molecule has 14 aromatic rings. The second kappa shape index (κ2) is 40.7. The number of aromatic carboxylic acids is 1. The number of carbonyl (C=O) groups excluding carboxylic acids is 9. The number of nitrogens with zero attached hydrogens (tertiary/aromatic N) is 12. The Balaban J connectivity index is 0.000000174. The first-order chi connectivity index (χ1) is 71.2. The Morgan fingerprint density at radius 3 is 1.30 bits per heavy atom. The number of aryl methyl sites for hydroxylation is 6. The predicted octanol–water partition coefficient (Wildman–Crippen LogP) is 18.1. The normalized spacial score (nSPS) is 18.2. The number of carboxylic acid groups (broad SMARTS) is 1. The molecule has 6 aromatic heterocycles. The highest BCUT2D eigenvalue weighted by atomic mass is 32.1. The summed E-state index contributed by atoms with van der Waals surface area (Å²) in [6.45, 7) is 20.8. The number of carbonyl (C=O) groups is 10. The summed E-state index contributed by atoms with van der Waals surface area (Å²) in [6, 6.07) is 54.1. The van der Waals surface area contributed by atoms with E-state index in [2.05, 4.69) is 72.8 Å². The molecule has 22 rings (SSSR count). The molecule has 8 aliphatic rings. The van der Waals surface area contributed by atoms with Crippen LogP contribution in [0.15, 0.2) is 170 Å². The van der Waals surface area contributed by atoms with Gasteiger partial charge in [0.25, 0.3) is 11.8 Å². The first kappa shape index (κ1) is 99.0. The molecule has 2 unspecified atom stereocenters. The lowest BCUT2D eigenvalue weighted by Gasteiger charge is -2.52. The Hall–Kier alpha value is -15.0. The van der Waals surface area contributed by atoms with E-state index in [0.717, 1.165) is 187 Å². The van der Waals surface area contributed by atoms with Crippen LogP contribution in [0.25, 0.3) is 64.5 Å². The largest absolute Gasteiger partial charge is 0.493 e. The maximum Gasteiger partial charge on any atom is 0.358 e. The number of imide groups is 2. The minimum absolute atomic E-state index is 0.0374. The van der Waals surface area contributed by atoms with E-state index in [0.29, 0.717) is 157 Å². The van der Waals surface area contributed by atoms with Crippen molar-refractivity contribution in [2.24, 2.45) is 36.8 Å². The lowest BCUT2D eigenvalue weighted by atomic mass is 9.58. The number of ether oxygens (including phenoxy) is 3. The number of para-hydroxylation sites is 2. The monoisotopic (exact) mass is 2030 g/mol. The number of rotatable bonds is 24. The fourth-order valence-electron chi connectivity index (χ4n) is 23.4. The van der Waals surface area contributed by atoms with E-state index in [1.165, 1.54) is 22.7 Å². The van der Waals surface area contributed by atoms with Crippen molar-refractivity contribution < 1.29 is 67.3 Å². The van der Waals surface area contributed by atoms with Crippen molar-refractivity contribution >= 4 is 157 Å². The number of aromatic nitrogens is 8. The second-order valence-electron chi connectivity index (χ2n) is 42.1. The van der Waals surface area contributed by atoms with E-state index in [4.69, 9.17) is 24.2 Å². The smallest absolute Gasteiger partial charge is 0.358 e. The van der Waals surface area contributed by atoms with Gasteiger partial charge in [-0.1, -0.05) is 83.3 Å². The van der Waals surface area contributed by atoms with Crippen LogP contribution >= 0.6 is 22.7 Å². The zero-order valence-corrected chi connectivity index (χ0v) is 85.9. The lowest BCUT2D eigenvalue weighted by molar-refractivity contribution is -0.135. The molecule has 2 spiro atoms. The molecular weight excluding hydrogens is 1910 g/mol. The summed E-state index contributed by atoms with van der Waals surface area (Å²) >= 11 is 2.87. The van der Waals surface area contributed by atoms with E-state index in [1.807, 2.05) is 231 Å². The van der Waals surface area contributed by atoms with Crippen molar-refractivity contribution in [3.05, 3.63) is 248 Å². The molecule has 148 heavy (non-hydrogen) atoms. The van der Waals surface area contributed by atoms with Crippen molar-refractivity contribution in [3.63, 3.8) is 0 Å². The Labute approximate surface area is 863 Å². The van der Waals surface area contributed by atoms with Gasteiger partial charge in [-0.05, 0) is 339 Å². The van der Waals surface area contributed by atoms with E-state index in [-0.39, 0.29) is 82.3 Å². The number of piperidine rings is 4. The third-order valence-corrected chi connectivity index (χ3v) is 32.8. The van der Waals surface area contributed by atoms with Gasteiger partial charge in [0.05, 0.1) is 81.0 Å². The molecule has 7 N–H and O–H groups in total. The summed E-state index contributed by atoms with van der Waals surface area (Å²) in [4.78, 5) is 157. The van der Waals surface area contributed by atoms with Gasteiger partial charge in [-0.15, -0.1) is 0 Å². The van der Waals surface area contributed by atoms with Gasteiger partial charge < -0.3 is 39.8 Å². The molecule has 4 saturated heterocycles. The topological polar surface area (TPSA) is 391 Å². The summed E-state index contributed by atoms with van der Waals surface area (Å²) in [7, 11) is 3.67. The summed E-state index contributed by atoms with van der Waals surface area (Å²) in [6.07, 6.45) is 11.3. The van der Waals surface area contributed by atoms with E-state index in [1.54, 1.807) is 9.36 Å². The number of carboxylic acids is 1. The lowest BCUT2D eigenvalue weighted by Crippen LogP contribution is -2.49. The number of hydrogen-bond acceptors (Lipinski definition) is 25. The predicted molar refractivity (Wildman–Crippen MR) is 570 cm³/mol. The fourth-order valence-corrected chi connectivity index (χ4v) is 25.1. The van der Waals surface area contributed by atoms with Crippen LogP contribution < -0.4 is 51.2 Å². The van der Waals surface area contributed by atoms with Crippen molar-refractivity contribution in [3.8, 4) is 33.8 Å². The van der Waals surface area contributed by atoms with Crippen LogP contribution in [0.2, 0.25) is 0 Å². The van der Waals surface area contributed by atoms with Gasteiger partial charge >= 0.3 is 11.9 Å². The second-order valence-corrected chi connectivity index (χ2v) is 44.2. The number of benzene rings is 8. The van der Waals surface area contributed by atoms with Gasteiger partial charge in [0.1, 0.15) is 28.7 Å². The van der Waals surface area contributed by atoms with E-state index >= 15 is 0 Å². The SMILES string of the molecule is Cc1cc(OCC2CC3(CCN(CC(=O)Nc4ccc5c(C6CCC(=O)NC6=O)nn(C)c5c4C)CC3)C2)ccc1-c1ccc(N2CCc3cccc(C(=O)Nc4nc5ccccc5s4)c3C2)nc1C(=O)O.Cc1cc(OCC2CC3(CCN(CC(=O)Nc4ccc5c(C6CCC(=O)NC6=O)nn(C)c5c4C)CC3)C2)ccc1-c1ccc(N2CCc3cccc(C(=O)Nc4nc5ccccc5s4)c3C2)nc1C(=O)OC(C)(C)C. The highest BCUT2D eigenvalue weighted by Gasteiger charge is 2.48. The number of nitrogens with one attached hydrogen (secondary N) is 6. The maximum absolute atomic E-state index is 14.0. The minimum atomic E-state index is -1.12. The van der Waals surface area contributed by atoms with E-state index in [9.17, 15) is 53.1 Å². The Kier molecular flexibility index (Phi) is 27.2. The fraction of sp³-hybridized carbons (Fsp3) is 0.368. The number of amides is 8. The van der Waals surface area contributed by atoms with Gasteiger partial charge in [-0.25, -0.2) is 29.5 Å². The first-order valence-electron chi connectivity index (χ1n) is 50.9. The van der Waals surface area contributed by atoms with Crippen LogP contribution in [-0.4, -0.2) is 185 Å². The number of anilines is 6. The Bertz CT molecular complexity index is 7650. The third-order valence-electron chi connectivity index (χ3n) is 30.9. The van der Waals surface area contributed by atoms with Crippen molar-refractivity contribution in [2.75, 3.05) is 96.6 Å². The quantitative estimate of drug-likeness (QED) is 0.0218. The van der Waals surface area contributed by atoms with Gasteiger partial charge in [0.2, 0.25) is 35.4 Å². The molecule has 12 heterocycles. The number of hydrogen-bond donors (Lipinski definition) is 7. The van der Waals surface area contributed by atoms with Crippen LogP contribution in [0.5, 0.6) is 11.5 Å². The summed E-state index contributed by atoms with van der Waals surface area (Å²) in [5, 5.41) is 39.7. The molecule has 2 atom stereocenters. The molecule has 2 saturated carbocycles. The molecule has 0 radical (unpaired) electrons. The highest BCUT2D eigenvalue weighted by Crippen LogP contribution is 2.55. The average molecular weight is 2030 g/mol. The minimum Gasteiger partial charge on any atom is -0.493 e. The van der Waals surface area contributed by atoms with Gasteiger partial charge in [0.15, 0.2) is 21.7 Å². The first-order valence-corrected chi connectivity index (χ1v) is 52.5. The average Bonchev–Trinajstić information content (AvgIpc) is 1.72. The zero-order chi connectivity index (χ0) is 103. The molecule has 8 aromatic carbocycles. The van der Waals surface area contributed by atoms with Crippen molar-refractivity contribution in [2.45, 2.75) is 169 Å². The molecule has 2 aliphatic carbocycles. The Morgan fingerprint density at radius 2 is 0.892 bits per heavy atom. The summed E-state index contributed by atoms with van der Waals surface area (Å²) in [5.41, 5.74) is 17.6. The highest BCUT2D eigenvalue weighted by molar-refractivity contribution is 7.22. The standard InChI is InChI=1S/C59H63N9O7S.C55H55N9O7S/c1-34-28-38(74-33-36-29-59(30-36)23-26-67(27-24-59)32-50(70)60-45-19-16-42-51(65-66(6)53(42)35(45)2)43-18-21-49(69)63-55(43)72)14-15-39(34)40-17-20-48(62-52(40)56(73)75-58(3,4)5)68-25-22-37-10-9-11-41(44(37)31-68)54(71)64-57-61-46-12-7-8-13-47(46)76-57;1-31-25-35(71-30-33-26-55(27-33)20-23-63(24-21-55)29-47(66)56-42-16-13-39-48(61-62(3)50(39)32(42)2)40-15-18-46(65)59-52(40)68)11-12-36(31)37-14-17-45(58-49(37)53(69)70)64-22-19-34-7-6-8-38(41(34)28-64)51(67)60-54-57-43-9-4-5-10-44(43)72-54/h7-17,19-20,28,36,43H,18,21-27,29-33H2,1-6H3,(H,60,70)(H,61,64,71)(H,63,69,72);4-14,16-17,25,33,40H,15,18-24,26-30H2,1-3H3,(H,56,66)(H,69,70)(H,57,60,67)(H,59,65,68). The van der Waals surface area contributed by atoms with Crippen molar-refractivity contribution in [1.82, 2.24) is 59.9 Å². The van der Waals surface area contributed by atoms with Gasteiger partial charge in [-0.3, -0.25) is 78.8 Å². The molecule has 0 bridgehead atoms. The Morgan fingerprint density at radius 1 is 0.473 bits per heavy atom. The van der Waals surface area contributed by atoms with Gasteiger partial charge in [-0.2, -0.15) is 10.2 Å². The summed E-state index contributed by atoms with van der Waals surface area (Å²) in [5.74, 6) is -0.831. The van der Waals surface area contributed by atoms with E-state index < -0.39 is 29.4 Å². The third kappa shape index (κ3) is 20.6. The number of esters is 1. The molecular formula is C114H118N18O14S2. The number of fused-ring (bicyclic) bond motifs is 6. The molecule has 32 nitrogen and oxygen atoms in total. The zero-order valence-electron chi connectivity index (χ0n) is 84.3. The van der Waals surface area contributed by atoms with Crippen molar-refractivity contribution in [1.29, 1.82) is 0 Å². The van der Waals surface area contributed by atoms with Gasteiger partial charge in [0, 0.05) is 97.5 Å². The van der Waals surface area contributed by atoms with Crippen LogP contribution in [-0.2, 0) is 73.5 Å². The van der Waals surface area contributed by atoms with Crippen LogP contribution in [0.3, 0.4) is 0 Å². The van der Waals surface area contributed by atoms with Crippen LogP contribution in [0.4, 0.5) is 33.3 Å². The number of thiazole rings is 2. The molecule has 6 aliphatic heterocycles. The molecule has 34 heteroatoms.